The number of hydrogen-bond acceptors (Lipinski definition) is 3. The van der Waals surface area contributed by atoms with Crippen LogP contribution < -0.4 is 0 Å². The lowest BCUT2D eigenvalue weighted by molar-refractivity contribution is 0.0480. The molecule has 1 heterocycles. The minimum atomic E-state index is -3.03. The highest BCUT2D eigenvalue weighted by molar-refractivity contribution is 5.91. The van der Waals surface area contributed by atoms with E-state index in [0.29, 0.717) is 28.6 Å². The van der Waals surface area contributed by atoms with Crippen LogP contribution in [0, 0.1) is 0 Å². The van der Waals surface area contributed by atoms with Crippen molar-refractivity contribution >= 4 is 10.8 Å². The maximum Gasteiger partial charge on any atom is 0.299 e. The Morgan fingerprint density at radius 2 is 0.860 bits per heavy atom. The molecule has 5 heteroatoms. The summed E-state index contributed by atoms with van der Waals surface area (Å²) in [5.41, 5.74) is 5.56. The Balaban J connectivity index is 1.23. The van der Waals surface area contributed by atoms with Crippen molar-refractivity contribution in [3.63, 3.8) is 0 Å². The summed E-state index contributed by atoms with van der Waals surface area (Å²) in [7, 11) is 0. The van der Waals surface area contributed by atoms with E-state index >= 15 is 8.78 Å². The zero-order chi connectivity index (χ0) is 29.0. The Bertz CT molecular complexity index is 2100. The molecule has 0 amide bonds. The first kappa shape index (κ1) is 25.2. The zero-order valence-electron chi connectivity index (χ0n) is 22.9. The summed E-state index contributed by atoms with van der Waals surface area (Å²) in [4.78, 5) is 14.5. The van der Waals surface area contributed by atoms with E-state index in [9.17, 15) is 0 Å². The minimum Gasteiger partial charge on any atom is -0.208 e. The summed E-state index contributed by atoms with van der Waals surface area (Å²) >= 11 is 0. The molecule has 0 spiro atoms. The van der Waals surface area contributed by atoms with Gasteiger partial charge in [0.05, 0.1) is 0 Å². The molecule has 1 aromatic heterocycles. The van der Waals surface area contributed by atoms with E-state index < -0.39 is 5.92 Å². The Morgan fingerprint density at radius 3 is 1.53 bits per heavy atom. The van der Waals surface area contributed by atoms with Crippen molar-refractivity contribution in [2.24, 2.45) is 0 Å². The molecule has 0 N–H and O–H groups in total. The van der Waals surface area contributed by atoms with Crippen molar-refractivity contribution in [3.05, 3.63) is 151 Å². The lowest BCUT2D eigenvalue weighted by Crippen LogP contribution is -2.10. The molecule has 0 saturated carbocycles. The molecule has 0 saturated heterocycles. The van der Waals surface area contributed by atoms with Gasteiger partial charge in [-0.2, -0.15) is 8.78 Å². The second-order valence-corrected chi connectivity index (χ2v) is 10.7. The van der Waals surface area contributed by atoms with Crippen LogP contribution in [-0.4, -0.2) is 15.0 Å². The van der Waals surface area contributed by atoms with Gasteiger partial charge in [0, 0.05) is 27.8 Å². The summed E-state index contributed by atoms with van der Waals surface area (Å²) in [5, 5.41) is 2.00. The van der Waals surface area contributed by atoms with Gasteiger partial charge in [-0.3, -0.25) is 0 Å². The lowest BCUT2D eigenvalue weighted by atomic mass is 9.96. The average molecular weight is 560 g/mol. The van der Waals surface area contributed by atoms with Gasteiger partial charge in [0.2, 0.25) is 0 Å². The van der Waals surface area contributed by atoms with E-state index in [2.05, 4.69) is 6.07 Å². The molecule has 6 aromatic carbocycles. The second kappa shape index (κ2) is 9.78. The molecule has 3 nitrogen and oxygen atoms in total. The minimum absolute atomic E-state index is 0.0483. The number of nitrogens with zero attached hydrogens (tertiary/aromatic N) is 3. The van der Waals surface area contributed by atoms with Crippen molar-refractivity contribution in [3.8, 4) is 56.4 Å². The van der Waals surface area contributed by atoms with E-state index in [-0.39, 0.29) is 11.1 Å². The van der Waals surface area contributed by atoms with Crippen molar-refractivity contribution in [2.45, 2.75) is 5.92 Å². The van der Waals surface area contributed by atoms with Gasteiger partial charge < -0.3 is 0 Å². The summed E-state index contributed by atoms with van der Waals surface area (Å²) < 4.78 is 30.8. The van der Waals surface area contributed by atoms with Crippen LogP contribution in [0.4, 0.5) is 8.78 Å². The SMILES string of the molecule is FC1(F)c2ccccc2-c2ccc(-c3ccc4ccc(-c5nc(-c6ccccc6)nc(-c6ccccc6)n5)cc4c3)cc21. The molecule has 0 atom stereocenters. The number of benzene rings is 6. The third kappa shape index (κ3) is 4.29. The van der Waals surface area contributed by atoms with E-state index in [1.165, 1.54) is 6.07 Å². The molecule has 0 radical (unpaired) electrons. The van der Waals surface area contributed by atoms with Crippen molar-refractivity contribution in [1.29, 1.82) is 0 Å². The molecular weight excluding hydrogens is 536 g/mol. The summed E-state index contributed by atoms with van der Waals surface area (Å²) in [6.07, 6.45) is 0. The van der Waals surface area contributed by atoms with Gasteiger partial charge in [0.25, 0.3) is 5.92 Å². The van der Waals surface area contributed by atoms with E-state index in [0.717, 1.165) is 38.6 Å². The third-order valence-corrected chi connectivity index (χ3v) is 8.04. The van der Waals surface area contributed by atoms with Crippen LogP contribution in [0.5, 0.6) is 0 Å². The molecule has 1 aliphatic carbocycles. The van der Waals surface area contributed by atoms with Gasteiger partial charge in [0.15, 0.2) is 17.5 Å². The highest BCUT2D eigenvalue weighted by Gasteiger charge is 2.44. The van der Waals surface area contributed by atoms with E-state index in [4.69, 9.17) is 15.0 Å². The van der Waals surface area contributed by atoms with Gasteiger partial charge in [-0.1, -0.05) is 121 Å². The fraction of sp³-hybridized carbons (Fsp3) is 0.0263. The van der Waals surface area contributed by atoms with Gasteiger partial charge in [-0.25, -0.2) is 15.0 Å². The fourth-order valence-electron chi connectivity index (χ4n) is 5.86. The Morgan fingerprint density at radius 1 is 0.372 bits per heavy atom. The average Bonchev–Trinajstić information content (AvgIpc) is 3.30. The normalized spacial score (nSPS) is 13.1. The highest BCUT2D eigenvalue weighted by atomic mass is 19.3. The Labute approximate surface area is 247 Å². The van der Waals surface area contributed by atoms with Gasteiger partial charge in [0.1, 0.15) is 0 Å². The molecule has 0 unspecified atom stereocenters. The first-order valence-electron chi connectivity index (χ1n) is 14.1. The lowest BCUT2D eigenvalue weighted by Gasteiger charge is -2.13. The molecule has 204 valence electrons. The van der Waals surface area contributed by atoms with Crippen LogP contribution in [0.3, 0.4) is 0 Å². The van der Waals surface area contributed by atoms with Crippen molar-refractivity contribution in [1.82, 2.24) is 15.0 Å². The summed E-state index contributed by atoms with van der Waals surface area (Å²) in [6.45, 7) is 0. The van der Waals surface area contributed by atoms with Crippen LogP contribution in [0.1, 0.15) is 11.1 Å². The maximum absolute atomic E-state index is 15.4. The fourth-order valence-corrected chi connectivity index (χ4v) is 5.86. The molecule has 0 fully saturated rings. The van der Waals surface area contributed by atoms with Gasteiger partial charge in [-0.15, -0.1) is 0 Å². The number of halogens is 2. The molecular formula is C38H23F2N3. The van der Waals surface area contributed by atoms with Gasteiger partial charge in [-0.05, 0) is 51.2 Å². The highest BCUT2D eigenvalue weighted by Crippen LogP contribution is 2.51. The third-order valence-electron chi connectivity index (χ3n) is 8.04. The largest absolute Gasteiger partial charge is 0.299 e. The molecule has 7 aromatic rings. The van der Waals surface area contributed by atoms with Crippen molar-refractivity contribution in [2.75, 3.05) is 0 Å². The smallest absolute Gasteiger partial charge is 0.208 e. The Hall–Kier alpha value is -5.55. The zero-order valence-corrected chi connectivity index (χ0v) is 22.9. The van der Waals surface area contributed by atoms with Crippen LogP contribution >= 0.6 is 0 Å². The van der Waals surface area contributed by atoms with Crippen molar-refractivity contribution < 1.29 is 8.78 Å². The number of alkyl halides is 2. The first-order chi connectivity index (χ1) is 21.0. The standard InChI is InChI=1S/C38H23F2N3/c39-38(40)33-14-8-7-13-31(33)32-20-19-28(23-34(32)38)27-17-15-24-16-18-29(22-30(24)21-27)37-42-35(25-9-3-1-4-10-25)41-36(43-37)26-11-5-2-6-12-26/h1-23H. The van der Waals surface area contributed by atoms with Crippen LogP contribution in [0.2, 0.25) is 0 Å². The monoisotopic (exact) mass is 559 g/mol. The molecule has 0 bridgehead atoms. The number of aromatic nitrogens is 3. The van der Waals surface area contributed by atoms with E-state index in [1.54, 1.807) is 24.3 Å². The van der Waals surface area contributed by atoms with Crippen LogP contribution in [0.25, 0.3) is 67.2 Å². The summed E-state index contributed by atoms with van der Waals surface area (Å²) in [6, 6.07) is 44.0. The predicted molar refractivity (Wildman–Crippen MR) is 168 cm³/mol. The molecule has 43 heavy (non-hydrogen) atoms. The molecule has 1 aliphatic rings. The maximum atomic E-state index is 15.4. The van der Waals surface area contributed by atoms with Crippen LogP contribution in [-0.2, 0) is 5.92 Å². The second-order valence-electron chi connectivity index (χ2n) is 10.7. The van der Waals surface area contributed by atoms with Gasteiger partial charge >= 0.3 is 0 Å². The number of fused-ring (bicyclic) bond motifs is 4. The summed E-state index contributed by atoms with van der Waals surface area (Å²) in [5.74, 6) is -1.27. The first-order valence-corrected chi connectivity index (χ1v) is 14.1. The quantitative estimate of drug-likeness (QED) is 0.215. The predicted octanol–water partition coefficient (Wildman–Crippen LogP) is 9.81. The Kier molecular flexibility index (Phi) is 5.73. The topological polar surface area (TPSA) is 38.7 Å². The molecule has 0 aliphatic heterocycles. The van der Waals surface area contributed by atoms with Crippen LogP contribution in [0.15, 0.2) is 140 Å². The molecule has 8 rings (SSSR count). The number of rotatable bonds is 4. The number of hydrogen-bond donors (Lipinski definition) is 0. The van der Waals surface area contributed by atoms with E-state index in [1.807, 2.05) is 103 Å².